The van der Waals surface area contributed by atoms with Gasteiger partial charge >= 0.3 is 0 Å². The van der Waals surface area contributed by atoms with E-state index in [1.807, 2.05) is 0 Å². The van der Waals surface area contributed by atoms with E-state index >= 15 is 0 Å². The minimum atomic E-state index is 0.317. The van der Waals surface area contributed by atoms with Gasteiger partial charge in [0.05, 0.1) is 12.1 Å². The number of benzene rings is 3. The Morgan fingerprint density at radius 1 is 0.652 bits per heavy atom. The molecule has 0 N–H and O–H groups in total. The highest BCUT2D eigenvalue weighted by Gasteiger charge is 2.49. The van der Waals surface area contributed by atoms with Crippen molar-refractivity contribution in [1.82, 2.24) is 4.90 Å². The van der Waals surface area contributed by atoms with Gasteiger partial charge in [-0.1, -0.05) is 91.0 Å². The minimum absolute atomic E-state index is 0.317. The lowest BCUT2D eigenvalue weighted by molar-refractivity contribution is 0.414. The van der Waals surface area contributed by atoms with Crippen LogP contribution in [-0.4, -0.2) is 10.9 Å². The fourth-order valence-electron chi connectivity index (χ4n) is 3.68. The Balaban J connectivity index is 1.73. The molecule has 0 saturated carbocycles. The maximum absolute atomic E-state index is 2.61. The van der Waals surface area contributed by atoms with Crippen LogP contribution in [0.1, 0.15) is 35.7 Å². The van der Waals surface area contributed by atoms with Crippen LogP contribution in [0.2, 0.25) is 0 Å². The Morgan fingerprint density at radius 2 is 1.09 bits per heavy atom. The SMILES string of the molecule is CC1C(c2ccccc2)N1C(c1ccccc1)c1ccccc1. The Kier molecular flexibility index (Phi) is 3.72. The maximum atomic E-state index is 2.61. The molecule has 3 aromatic rings. The van der Waals surface area contributed by atoms with E-state index in [0.29, 0.717) is 18.1 Å². The third-order valence-corrected chi connectivity index (χ3v) is 4.83. The van der Waals surface area contributed by atoms with Crippen LogP contribution < -0.4 is 0 Å². The summed E-state index contributed by atoms with van der Waals surface area (Å²) in [5.41, 5.74) is 4.14. The number of hydrogen-bond donors (Lipinski definition) is 0. The Bertz CT molecular complexity index is 712. The van der Waals surface area contributed by atoms with Gasteiger partial charge in [-0.2, -0.15) is 0 Å². The van der Waals surface area contributed by atoms with Gasteiger partial charge < -0.3 is 0 Å². The average Bonchev–Trinajstić information content (AvgIpc) is 3.28. The second kappa shape index (κ2) is 6.02. The summed E-state index contributed by atoms with van der Waals surface area (Å²) < 4.78 is 0. The highest BCUT2D eigenvalue weighted by molar-refractivity contribution is 5.37. The number of nitrogens with zero attached hydrogens (tertiary/aromatic N) is 1. The topological polar surface area (TPSA) is 3.01 Å². The summed E-state index contributed by atoms with van der Waals surface area (Å²) >= 11 is 0. The van der Waals surface area contributed by atoms with Crippen LogP contribution in [0.5, 0.6) is 0 Å². The summed E-state index contributed by atoms with van der Waals surface area (Å²) in [5.74, 6) is 0. The molecule has 1 nitrogen and oxygen atoms in total. The third kappa shape index (κ3) is 2.69. The van der Waals surface area contributed by atoms with Crippen molar-refractivity contribution in [3.63, 3.8) is 0 Å². The van der Waals surface area contributed by atoms with Gasteiger partial charge in [0.15, 0.2) is 0 Å². The van der Waals surface area contributed by atoms with Crippen LogP contribution in [0, 0.1) is 0 Å². The Hall–Kier alpha value is -2.38. The molecular formula is C22H21N. The molecule has 3 unspecified atom stereocenters. The molecule has 0 radical (unpaired) electrons. The third-order valence-electron chi connectivity index (χ3n) is 4.83. The van der Waals surface area contributed by atoms with Gasteiger partial charge in [-0.25, -0.2) is 0 Å². The van der Waals surface area contributed by atoms with Crippen molar-refractivity contribution in [1.29, 1.82) is 0 Å². The van der Waals surface area contributed by atoms with E-state index in [1.54, 1.807) is 0 Å². The molecule has 4 rings (SSSR count). The zero-order chi connectivity index (χ0) is 15.6. The van der Waals surface area contributed by atoms with Crippen molar-refractivity contribution in [2.45, 2.75) is 25.0 Å². The van der Waals surface area contributed by atoms with E-state index in [9.17, 15) is 0 Å². The van der Waals surface area contributed by atoms with Crippen molar-refractivity contribution in [2.24, 2.45) is 0 Å². The van der Waals surface area contributed by atoms with Gasteiger partial charge in [-0.15, -0.1) is 0 Å². The molecule has 0 aliphatic carbocycles. The van der Waals surface area contributed by atoms with Gasteiger partial charge in [-0.3, -0.25) is 4.90 Å². The van der Waals surface area contributed by atoms with Crippen LogP contribution in [0.25, 0.3) is 0 Å². The second-order valence-corrected chi connectivity index (χ2v) is 6.27. The number of rotatable bonds is 4. The van der Waals surface area contributed by atoms with Crippen molar-refractivity contribution in [3.05, 3.63) is 108 Å². The molecule has 1 heterocycles. The van der Waals surface area contributed by atoms with Crippen molar-refractivity contribution < 1.29 is 0 Å². The first kappa shape index (κ1) is 14.2. The fourth-order valence-corrected chi connectivity index (χ4v) is 3.68. The largest absolute Gasteiger partial charge is 0.279 e. The van der Waals surface area contributed by atoms with Gasteiger partial charge in [0.25, 0.3) is 0 Å². The summed E-state index contributed by atoms with van der Waals surface area (Å²) in [5, 5.41) is 0. The molecule has 1 heteroatoms. The molecule has 0 spiro atoms. The average molecular weight is 299 g/mol. The van der Waals surface area contributed by atoms with Crippen LogP contribution in [-0.2, 0) is 0 Å². The molecule has 1 aliphatic heterocycles. The first-order valence-corrected chi connectivity index (χ1v) is 8.28. The van der Waals surface area contributed by atoms with Crippen molar-refractivity contribution >= 4 is 0 Å². The predicted molar refractivity (Wildman–Crippen MR) is 95.2 cm³/mol. The van der Waals surface area contributed by atoms with Gasteiger partial charge in [0.1, 0.15) is 0 Å². The summed E-state index contributed by atoms with van der Waals surface area (Å²) in [6.07, 6.45) is 0. The molecule has 0 bridgehead atoms. The van der Waals surface area contributed by atoms with E-state index < -0.39 is 0 Å². The highest BCUT2D eigenvalue weighted by atomic mass is 15.4. The lowest BCUT2D eigenvalue weighted by Crippen LogP contribution is -2.13. The van der Waals surface area contributed by atoms with Gasteiger partial charge in [-0.05, 0) is 23.6 Å². The molecule has 23 heavy (non-hydrogen) atoms. The lowest BCUT2D eigenvalue weighted by Gasteiger charge is -2.21. The monoisotopic (exact) mass is 299 g/mol. The molecule has 3 atom stereocenters. The van der Waals surface area contributed by atoms with Crippen molar-refractivity contribution in [3.8, 4) is 0 Å². The quantitative estimate of drug-likeness (QED) is 0.597. The smallest absolute Gasteiger partial charge is 0.0611 e. The standard InChI is InChI=1S/C22H21N/c1-17-21(18-11-5-2-6-12-18)23(17)22(19-13-7-3-8-14-19)20-15-9-4-10-16-20/h2-17,21-22H,1H3. The Labute approximate surface area is 138 Å². The first-order valence-electron chi connectivity index (χ1n) is 8.28. The summed E-state index contributed by atoms with van der Waals surface area (Å²) in [6, 6.07) is 33.9. The van der Waals surface area contributed by atoms with Crippen LogP contribution in [0.4, 0.5) is 0 Å². The molecule has 114 valence electrons. The Morgan fingerprint density at radius 3 is 1.57 bits per heavy atom. The summed E-state index contributed by atoms with van der Waals surface area (Å²) in [4.78, 5) is 2.61. The molecule has 1 aliphatic rings. The molecule has 3 aromatic carbocycles. The molecule has 1 fully saturated rings. The summed E-state index contributed by atoms with van der Waals surface area (Å²) in [6.45, 7) is 2.33. The van der Waals surface area contributed by atoms with E-state index in [4.69, 9.17) is 0 Å². The van der Waals surface area contributed by atoms with Gasteiger partial charge in [0, 0.05) is 6.04 Å². The van der Waals surface area contributed by atoms with E-state index in [-0.39, 0.29) is 0 Å². The first-order chi connectivity index (χ1) is 11.4. The maximum Gasteiger partial charge on any atom is 0.0611 e. The lowest BCUT2D eigenvalue weighted by atomic mass is 9.98. The predicted octanol–water partition coefficient (Wildman–Crippen LogP) is 5.22. The van der Waals surface area contributed by atoms with E-state index in [0.717, 1.165) is 0 Å². The van der Waals surface area contributed by atoms with Gasteiger partial charge in [0.2, 0.25) is 0 Å². The van der Waals surface area contributed by atoms with Crippen LogP contribution >= 0.6 is 0 Å². The fraction of sp³-hybridized carbons (Fsp3) is 0.182. The highest BCUT2D eigenvalue weighted by Crippen LogP contribution is 2.51. The van der Waals surface area contributed by atoms with E-state index in [2.05, 4.69) is 103 Å². The molecule has 1 saturated heterocycles. The molecular weight excluding hydrogens is 278 g/mol. The normalized spacial score (nSPS) is 23.0. The summed E-state index contributed by atoms with van der Waals surface area (Å²) in [7, 11) is 0. The van der Waals surface area contributed by atoms with Crippen LogP contribution in [0.3, 0.4) is 0 Å². The number of hydrogen-bond acceptors (Lipinski definition) is 1. The van der Waals surface area contributed by atoms with E-state index in [1.165, 1.54) is 16.7 Å². The minimum Gasteiger partial charge on any atom is -0.279 e. The zero-order valence-corrected chi connectivity index (χ0v) is 13.3. The molecule has 0 aromatic heterocycles. The van der Waals surface area contributed by atoms with Crippen LogP contribution in [0.15, 0.2) is 91.0 Å². The second-order valence-electron chi connectivity index (χ2n) is 6.27. The zero-order valence-electron chi connectivity index (χ0n) is 13.3. The molecule has 0 amide bonds. The van der Waals surface area contributed by atoms with Crippen molar-refractivity contribution in [2.75, 3.05) is 0 Å².